The summed E-state index contributed by atoms with van der Waals surface area (Å²) in [5, 5.41) is 17.4. The summed E-state index contributed by atoms with van der Waals surface area (Å²) in [5.41, 5.74) is 1.51. The van der Waals surface area contributed by atoms with E-state index in [2.05, 4.69) is 42.5 Å². The summed E-state index contributed by atoms with van der Waals surface area (Å²) in [5.74, 6) is -0.260. The summed E-state index contributed by atoms with van der Waals surface area (Å²) >= 11 is 0. The number of halogens is 1. The van der Waals surface area contributed by atoms with Gasteiger partial charge in [0, 0.05) is 56.5 Å². The Kier molecular flexibility index (Phi) is 8.23. The highest BCUT2D eigenvalue weighted by Crippen LogP contribution is 2.49. The maximum Gasteiger partial charge on any atom is 0.306 e. The number of nitrogens with one attached hydrogen (secondary N) is 2. The molecule has 0 aromatic carbocycles. The van der Waals surface area contributed by atoms with Crippen LogP contribution in [0, 0.1) is 5.41 Å². The number of alkyl halides is 1. The molecule has 0 unspecified atom stereocenters. The number of esters is 1. The Labute approximate surface area is 218 Å². The fraction of sp³-hybridized carbons (Fsp3) is 0.679. The van der Waals surface area contributed by atoms with Crippen molar-refractivity contribution >= 4 is 11.9 Å². The zero-order chi connectivity index (χ0) is 26.8. The summed E-state index contributed by atoms with van der Waals surface area (Å²) in [6, 6.07) is 1.36. The molecule has 3 N–H and O–H groups in total. The minimum absolute atomic E-state index is 0.0903. The molecule has 8 nitrogen and oxygen atoms in total. The van der Waals surface area contributed by atoms with Crippen LogP contribution in [-0.4, -0.2) is 58.5 Å². The molecule has 2 fully saturated rings. The van der Waals surface area contributed by atoms with Gasteiger partial charge in [0.05, 0.1) is 12.1 Å². The van der Waals surface area contributed by atoms with Gasteiger partial charge in [-0.2, -0.15) is 0 Å². The highest BCUT2D eigenvalue weighted by molar-refractivity contribution is 5.86. The lowest BCUT2D eigenvalue weighted by Gasteiger charge is -2.49. The summed E-state index contributed by atoms with van der Waals surface area (Å²) in [6.45, 7) is 8.59. The molecule has 3 heterocycles. The van der Waals surface area contributed by atoms with Crippen LogP contribution in [0.4, 0.5) is 4.39 Å². The highest BCUT2D eigenvalue weighted by Gasteiger charge is 2.51. The minimum atomic E-state index is -0.902. The van der Waals surface area contributed by atoms with Crippen molar-refractivity contribution in [2.75, 3.05) is 6.54 Å². The lowest BCUT2D eigenvalue weighted by Crippen LogP contribution is -2.55. The number of aliphatic hydroxyl groups excluding tert-OH is 1. The first kappa shape index (κ1) is 27.5. The number of pyridine rings is 1. The monoisotopic (exact) mass is 517 g/mol. The number of amides is 1. The van der Waals surface area contributed by atoms with Gasteiger partial charge in [0.1, 0.15) is 11.8 Å². The highest BCUT2D eigenvalue weighted by atomic mass is 19.1. The lowest BCUT2D eigenvalue weighted by atomic mass is 9.72. The maximum atomic E-state index is 13.9. The first-order chi connectivity index (χ1) is 17.5. The Morgan fingerprint density at radius 2 is 2.11 bits per heavy atom. The van der Waals surface area contributed by atoms with E-state index in [0.717, 1.165) is 17.5 Å². The molecule has 1 aliphatic carbocycles. The number of nitrogens with zero attached hydrogens (tertiary/aromatic N) is 1. The molecule has 1 saturated heterocycles. The van der Waals surface area contributed by atoms with Crippen LogP contribution in [0.2, 0.25) is 0 Å². The summed E-state index contributed by atoms with van der Waals surface area (Å²) in [4.78, 5) is 28.7. The van der Waals surface area contributed by atoms with Crippen LogP contribution in [0.25, 0.3) is 0 Å². The topological polar surface area (TPSA) is 110 Å². The van der Waals surface area contributed by atoms with Gasteiger partial charge in [-0.1, -0.05) is 32.9 Å². The Balaban J connectivity index is 1.47. The van der Waals surface area contributed by atoms with E-state index in [4.69, 9.17) is 9.47 Å². The van der Waals surface area contributed by atoms with Gasteiger partial charge in [0.15, 0.2) is 6.10 Å². The third kappa shape index (κ3) is 6.87. The van der Waals surface area contributed by atoms with Gasteiger partial charge < -0.3 is 25.2 Å². The van der Waals surface area contributed by atoms with Gasteiger partial charge >= 0.3 is 5.97 Å². The van der Waals surface area contributed by atoms with E-state index in [1.807, 2.05) is 25.3 Å². The van der Waals surface area contributed by atoms with Crippen molar-refractivity contribution in [3.05, 3.63) is 35.5 Å². The Hall–Kier alpha value is -2.52. The lowest BCUT2D eigenvalue weighted by molar-refractivity contribution is -0.148. The number of carbonyl (C=O) groups excluding carboxylic acids is 2. The van der Waals surface area contributed by atoms with Crippen molar-refractivity contribution in [2.45, 2.75) is 109 Å². The number of carbonyl (C=O) groups is 2. The molecular weight excluding hydrogens is 477 g/mol. The first-order valence-electron chi connectivity index (χ1n) is 13.3. The van der Waals surface area contributed by atoms with Gasteiger partial charge in [-0.05, 0) is 36.8 Å². The SMILES string of the molecule is CC=CC[C@H](NC(=O)[C@H]1CCC(=O)O1)[C@H](O)CN[C@H]1C[C@]2(C[C@H](F)C2)Oc2ncc(CC(C)(C)C)cc21. The van der Waals surface area contributed by atoms with Crippen molar-refractivity contribution < 1.29 is 28.6 Å². The molecule has 0 radical (unpaired) electrons. The van der Waals surface area contributed by atoms with E-state index in [1.165, 1.54) is 0 Å². The summed E-state index contributed by atoms with van der Waals surface area (Å²) in [6.07, 6.45) is 6.07. The number of hydrogen-bond acceptors (Lipinski definition) is 7. The second-order valence-corrected chi connectivity index (χ2v) is 11.9. The third-order valence-electron chi connectivity index (χ3n) is 7.29. The number of aliphatic hydroxyl groups is 1. The maximum absolute atomic E-state index is 13.9. The molecule has 4 rings (SSSR count). The van der Waals surface area contributed by atoms with E-state index >= 15 is 0 Å². The number of cyclic esters (lactones) is 1. The summed E-state index contributed by atoms with van der Waals surface area (Å²) < 4.78 is 25.2. The van der Waals surface area contributed by atoms with Crippen molar-refractivity contribution in [1.82, 2.24) is 15.6 Å². The third-order valence-corrected chi connectivity index (χ3v) is 7.29. The van der Waals surface area contributed by atoms with Crippen LogP contribution in [0.15, 0.2) is 24.4 Å². The van der Waals surface area contributed by atoms with E-state index in [1.54, 1.807) is 0 Å². The molecule has 4 atom stereocenters. The molecule has 1 saturated carbocycles. The van der Waals surface area contributed by atoms with Crippen molar-refractivity contribution in [2.24, 2.45) is 5.41 Å². The van der Waals surface area contributed by atoms with Crippen LogP contribution in [0.1, 0.15) is 83.4 Å². The molecule has 37 heavy (non-hydrogen) atoms. The average Bonchev–Trinajstić information content (AvgIpc) is 3.24. The van der Waals surface area contributed by atoms with Gasteiger partial charge in [0.2, 0.25) is 5.88 Å². The molecule has 1 amide bonds. The van der Waals surface area contributed by atoms with Crippen LogP contribution in [0.3, 0.4) is 0 Å². The second kappa shape index (κ2) is 11.1. The number of aromatic nitrogens is 1. The fourth-order valence-corrected chi connectivity index (χ4v) is 5.45. The van der Waals surface area contributed by atoms with Crippen molar-refractivity contribution in [3.63, 3.8) is 0 Å². The molecule has 0 bridgehead atoms. The van der Waals surface area contributed by atoms with Crippen molar-refractivity contribution in [1.29, 1.82) is 0 Å². The van der Waals surface area contributed by atoms with Gasteiger partial charge in [0.25, 0.3) is 5.91 Å². The normalized spacial score (nSPS) is 28.8. The predicted molar refractivity (Wildman–Crippen MR) is 137 cm³/mol. The Morgan fingerprint density at radius 1 is 1.35 bits per heavy atom. The van der Waals surface area contributed by atoms with E-state index in [9.17, 15) is 19.1 Å². The second-order valence-electron chi connectivity index (χ2n) is 11.9. The molecule has 3 aliphatic rings. The average molecular weight is 518 g/mol. The van der Waals surface area contributed by atoms with Crippen molar-refractivity contribution in [3.8, 4) is 5.88 Å². The molecule has 1 aromatic heterocycles. The minimum Gasteiger partial charge on any atom is -0.471 e. The number of rotatable bonds is 9. The van der Waals surface area contributed by atoms with Gasteiger partial charge in [-0.3, -0.25) is 9.59 Å². The summed E-state index contributed by atoms with van der Waals surface area (Å²) in [7, 11) is 0. The first-order valence-corrected chi connectivity index (χ1v) is 13.3. The number of allylic oxidation sites excluding steroid dienone is 1. The zero-order valence-corrected chi connectivity index (χ0v) is 22.3. The Bertz CT molecular complexity index is 1020. The molecular formula is C28H40FN3O5. The number of ether oxygens (including phenoxy) is 2. The molecule has 2 aliphatic heterocycles. The molecule has 9 heteroatoms. The van der Waals surface area contributed by atoms with Crippen LogP contribution < -0.4 is 15.4 Å². The van der Waals surface area contributed by atoms with E-state index in [-0.39, 0.29) is 30.4 Å². The van der Waals surface area contributed by atoms with Gasteiger partial charge in [-0.25, -0.2) is 9.37 Å². The largest absolute Gasteiger partial charge is 0.471 e. The zero-order valence-electron chi connectivity index (χ0n) is 22.3. The predicted octanol–water partition coefficient (Wildman–Crippen LogP) is 3.47. The van der Waals surface area contributed by atoms with E-state index < -0.39 is 35.9 Å². The molecule has 204 valence electrons. The van der Waals surface area contributed by atoms with Crippen LogP contribution in [-0.2, 0) is 20.7 Å². The number of hydrogen-bond donors (Lipinski definition) is 3. The van der Waals surface area contributed by atoms with Crippen LogP contribution in [0.5, 0.6) is 5.88 Å². The van der Waals surface area contributed by atoms with E-state index in [0.29, 0.717) is 38.0 Å². The molecule has 1 aromatic rings. The van der Waals surface area contributed by atoms with Gasteiger partial charge in [-0.15, -0.1) is 0 Å². The Morgan fingerprint density at radius 3 is 2.73 bits per heavy atom. The standard InChI is InChI=1S/C28H40FN3O5/c1-5-6-7-20(32-25(35)23-8-9-24(34)36-23)22(33)16-30-21-14-28(12-18(29)13-28)37-26-19(21)10-17(15-31-26)11-27(2,3)4/h5-6,10,15,18,20-23,30,33H,7-9,11-14,16H2,1-4H3,(H,32,35)/t18-,20-,21-,22+,23+,28+/m0/s1. The quantitative estimate of drug-likeness (QED) is 0.340. The smallest absolute Gasteiger partial charge is 0.306 e. The number of fused-ring (bicyclic) bond motifs is 1. The van der Waals surface area contributed by atoms with Crippen LogP contribution >= 0.6 is 0 Å². The molecule has 1 spiro atoms. The fourth-order valence-electron chi connectivity index (χ4n) is 5.45.